The number of nitrogens with one attached hydrogen (secondary N) is 1. The molecule has 1 aromatic rings. The molecule has 2 N–H and O–H groups in total. The maximum absolute atomic E-state index is 12.3. The van der Waals surface area contributed by atoms with E-state index in [0.717, 1.165) is 29.7 Å². The lowest BCUT2D eigenvalue weighted by Gasteiger charge is -2.43. The van der Waals surface area contributed by atoms with E-state index in [1.165, 1.54) is 4.88 Å². The summed E-state index contributed by atoms with van der Waals surface area (Å²) in [6, 6.07) is 2.10. The van der Waals surface area contributed by atoms with Gasteiger partial charge in [-0.05, 0) is 38.3 Å². The SMILES string of the molecule is CC(C)NC(=O)c1cc2c(s1)CCOC21CCN(CC(=O)O)CC1. The Bertz CT molecular complexity index is 633. The Balaban J connectivity index is 1.78. The number of ether oxygens (including phenoxy) is 1. The van der Waals surface area contributed by atoms with Crippen molar-refractivity contribution in [1.82, 2.24) is 10.2 Å². The van der Waals surface area contributed by atoms with Crippen molar-refractivity contribution in [2.75, 3.05) is 26.2 Å². The number of nitrogens with zero attached hydrogens (tertiary/aromatic N) is 1. The lowest BCUT2D eigenvalue weighted by atomic mass is 9.82. The van der Waals surface area contributed by atoms with Crippen LogP contribution in [0.1, 0.15) is 46.8 Å². The van der Waals surface area contributed by atoms with Gasteiger partial charge < -0.3 is 15.2 Å². The van der Waals surface area contributed by atoms with Crippen molar-refractivity contribution < 1.29 is 19.4 Å². The first-order chi connectivity index (χ1) is 11.4. The highest BCUT2D eigenvalue weighted by Crippen LogP contribution is 2.44. The Kier molecular flexibility index (Phi) is 4.94. The van der Waals surface area contributed by atoms with E-state index in [1.54, 1.807) is 11.3 Å². The van der Waals surface area contributed by atoms with Gasteiger partial charge in [-0.25, -0.2) is 0 Å². The number of aliphatic carboxylic acids is 1. The molecule has 6 nitrogen and oxygen atoms in total. The van der Waals surface area contributed by atoms with Gasteiger partial charge in [-0.2, -0.15) is 0 Å². The molecule has 0 saturated carbocycles. The quantitative estimate of drug-likeness (QED) is 0.864. The van der Waals surface area contributed by atoms with Crippen molar-refractivity contribution in [3.05, 3.63) is 21.4 Å². The normalized spacial score (nSPS) is 20.1. The van der Waals surface area contributed by atoms with Gasteiger partial charge in [0.05, 0.1) is 23.6 Å². The zero-order valence-corrected chi connectivity index (χ0v) is 14.9. The van der Waals surface area contributed by atoms with E-state index in [1.807, 2.05) is 24.8 Å². The molecule has 1 amide bonds. The minimum atomic E-state index is -0.792. The van der Waals surface area contributed by atoms with Crippen LogP contribution in [0.15, 0.2) is 6.07 Å². The Labute approximate surface area is 145 Å². The number of amides is 1. The molecule has 0 bridgehead atoms. The number of carbonyl (C=O) groups excluding carboxylic acids is 1. The third-order valence-corrected chi connectivity index (χ3v) is 5.87. The number of thiophene rings is 1. The predicted octanol–water partition coefficient (Wildman–Crippen LogP) is 1.83. The molecule has 0 atom stereocenters. The smallest absolute Gasteiger partial charge is 0.317 e. The molecule has 1 aromatic heterocycles. The van der Waals surface area contributed by atoms with Gasteiger partial charge in [0.25, 0.3) is 5.91 Å². The van der Waals surface area contributed by atoms with Crippen LogP contribution in [0, 0.1) is 0 Å². The summed E-state index contributed by atoms with van der Waals surface area (Å²) in [7, 11) is 0. The van der Waals surface area contributed by atoms with Crippen molar-refractivity contribution in [2.24, 2.45) is 0 Å². The molecule has 3 rings (SSSR count). The zero-order chi connectivity index (χ0) is 17.3. The zero-order valence-electron chi connectivity index (χ0n) is 14.1. The fraction of sp³-hybridized carbons (Fsp3) is 0.647. The molecule has 1 saturated heterocycles. The number of hydrogen-bond donors (Lipinski definition) is 2. The van der Waals surface area contributed by atoms with Crippen molar-refractivity contribution in [3.8, 4) is 0 Å². The van der Waals surface area contributed by atoms with E-state index in [-0.39, 0.29) is 24.1 Å². The fourth-order valence-electron chi connectivity index (χ4n) is 3.54. The molecule has 24 heavy (non-hydrogen) atoms. The van der Waals surface area contributed by atoms with Crippen LogP contribution in [0.4, 0.5) is 0 Å². The van der Waals surface area contributed by atoms with Gasteiger partial charge in [0.1, 0.15) is 0 Å². The number of piperidine rings is 1. The molecule has 132 valence electrons. The number of rotatable bonds is 4. The van der Waals surface area contributed by atoms with Crippen LogP contribution in [0.2, 0.25) is 0 Å². The van der Waals surface area contributed by atoms with Crippen LogP contribution in [-0.2, 0) is 21.6 Å². The van der Waals surface area contributed by atoms with E-state index in [9.17, 15) is 9.59 Å². The highest BCUT2D eigenvalue weighted by atomic mass is 32.1. The molecule has 0 unspecified atom stereocenters. The van der Waals surface area contributed by atoms with Gasteiger partial charge in [0.15, 0.2) is 0 Å². The van der Waals surface area contributed by atoms with Crippen LogP contribution < -0.4 is 5.32 Å². The minimum Gasteiger partial charge on any atom is -0.480 e. The summed E-state index contributed by atoms with van der Waals surface area (Å²) in [5.41, 5.74) is 0.790. The molecule has 7 heteroatoms. The van der Waals surface area contributed by atoms with Crippen molar-refractivity contribution in [3.63, 3.8) is 0 Å². The summed E-state index contributed by atoms with van der Waals surface area (Å²) in [4.78, 5) is 27.1. The third kappa shape index (κ3) is 3.48. The Morgan fingerprint density at radius 2 is 2.12 bits per heavy atom. The van der Waals surface area contributed by atoms with E-state index in [4.69, 9.17) is 9.84 Å². The minimum absolute atomic E-state index is 0.0251. The summed E-state index contributed by atoms with van der Waals surface area (Å²) < 4.78 is 6.16. The monoisotopic (exact) mass is 352 g/mol. The Hall–Kier alpha value is -1.44. The average Bonchev–Trinajstić information content (AvgIpc) is 2.95. The second-order valence-corrected chi connectivity index (χ2v) is 7.98. The number of carboxylic acid groups (broad SMARTS) is 1. The topological polar surface area (TPSA) is 78.9 Å². The van der Waals surface area contributed by atoms with Gasteiger partial charge >= 0.3 is 5.97 Å². The first-order valence-corrected chi connectivity index (χ1v) is 9.23. The molecule has 0 aromatic carbocycles. The molecule has 1 fully saturated rings. The Morgan fingerprint density at radius 1 is 1.42 bits per heavy atom. The second-order valence-electron chi connectivity index (χ2n) is 6.84. The van der Waals surface area contributed by atoms with E-state index >= 15 is 0 Å². The lowest BCUT2D eigenvalue weighted by molar-refractivity contribution is -0.141. The van der Waals surface area contributed by atoms with E-state index in [2.05, 4.69) is 5.32 Å². The van der Waals surface area contributed by atoms with Crippen LogP contribution in [-0.4, -0.2) is 54.2 Å². The van der Waals surface area contributed by atoms with Gasteiger partial charge in [0.2, 0.25) is 0 Å². The van der Waals surface area contributed by atoms with Gasteiger partial charge in [0, 0.05) is 30.4 Å². The van der Waals surface area contributed by atoms with Gasteiger partial charge in [-0.15, -0.1) is 11.3 Å². The molecule has 0 radical (unpaired) electrons. The van der Waals surface area contributed by atoms with Crippen molar-refractivity contribution >= 4 is 23.2 Å². The van der Waals surface area contributed by atoms with Crippen LogP contribution >= 0.6 is 11.3 Å². The molecule has 1 spiro atoms. The summed E-state index contributed by atoms with van der Waals surface area (Å²) in [5.74, 6) is -0.817. The van der Waals surface area contributed by atoms with Crippen molar-refractivity contribution in [2.45, 2.75) is 44.8 Å². The second kappa shape index (κ2) is 6.82. The van der Waals surface area contributed by atoms with Gasteiger partial charge in [-0.3, -0.25) is 14.5 Å². The number of likely N-dealkylation sites (tertiary alicyclic amines) is 1. The standard InChI is InChI=1S/C17H24N2O4S/c1-11(2)18-16(22)14-9-12-13(24-14)3-8-23-17(12)4-6-19(7-5-17)10-15(20)21/h9,11H,3-8,10H2,1-2H3,(H,18,22)(H,20,21). The first-order valence-electron chi connectivity index (χ1n) is 8.42. The molecule has 0 aliphatic carbocycles. The van der Waals surface area contributed by atoms with Crippen LogP contribution in [0.3, 0.4) is 0 Å². The molecular weight excluding hydrogens is 328 g/mol. The highest BCUT2D eigenvalue weighted by molar-refractivity contribution is 7.14. The molecule has 3 heterocycles. The maximum atomic E-state index is 12.3. The summed E-state index contributed by atoms with van der Waals surface area (Å²) in [6.45, 7) is 6.05. The first kappa shape index (κ1) is 17.4. The number of fused-ring (bicyclic) bond motifs is 2. The van der Waals surface area contributed by atoms with Crippen LogP contribution in [0.5, 0.6) is 0 Å². The van der Waals surface area contributed by atoms with E-state index in [0.29, 0.717) is 19.7 Å². The average molecular weight is 352 g/mol. The largest absolute Gasteiger partial charge is 0.480 e. The summed E-state index contributed by atoms with van der Waals surface area (Å²) >= 11 is 1.56. The Morgan fingerprint density at radius 3 is 2.75 bits per heavy atom. The molecular formula is C17H24N2O4S. The highest BCUT2D eigenvalue weighted by Gasteiger charge is 2.42. The predicted molar refractivity (Wildman–Crippen MR) is 91.6 cm³/mol. The summed E-state index contributed by atoms with van der Waals surface area (Å²) in [5, 5.41) is 11.9. The number of carboxylic acids is 1. The summed E-state index contributed by atoms with van der Waals surface area (Å²) in [6.07, 6.45) is 2.39. The van der Waals surface area contributed by atoms with E-state index < -0.39 is 5.97 Å². The molecule has 2 aliphatic rings. The van der Waals surface area contributed by atoms with Gasteiger partial charge in [-0.1, -0.05) is 0 Å². The number of hydrogen-bond acceptors (Lipinski definition) is 5. The maximum Gasteiger partial charge on any atom is 0.317 e. The lowest BCUT2D eigenvalue weighted by Crippen LogP contribution is -2.47. The van der Waals surface area contributed by atoms with Crippen molar-refractivity contribution in [1.29, 1.82) is 0 Å². The number of carbonyl (C=O) groups is 2. The fourth-order valence-corrected chi connectivity index (χ4v) is 4.67. The molecule has 2 aliphatic heterocycles. The van der Waals surface area contributed by atoms with Crippen LogP contribution in [0.25, 0.3) is 0 Å². The third-order valence-electron chi connectivity index (χ3n) is 4.67.